The summed E-state index contributed by atoms with van der Waals surface area (Å²) in [6.07, 6.45) is 2.39. The summed E-state index contributed by atoms with van der Waals surface area (Å²) in [5, 5.41) is 0. The lowest BCUT2D eigenvalue weighted by atomic mass is 9.79. The number of nitrogens with zero attached hydrogens (tertiary/aromatic N) is 2. The summed E-state index contributed by atoms with van der Waals surface area (Å²) in [5.74, 6) is 0.793. The Balaban J connectivity index is 2.79. The number of ether oxygens (including phenoxy) is 1. The van der Waals surface area contributed by atoms with E-state index in [1.807, 2.05) is 6.92 Å². The first-order valence-corrected chi connectivity index (χ1v) is 6.03. The van der Waals surface area contributed by atoms with Gasteiger partial charge in [-0.3, -0.25) is 9.89 Å². The molecule has 0 unspecified atom stereocenters. The van der Waals surface area contributed by atoms with Gasteiger partial charge in [0.1, 0.15) is 6.10 Å². The number of aliphatic imine (C=N–C) groups is 1. The SMILES string of the molecule is CN=C(C)OC1CC(C)(C)N(C)C(C)(C)C1. The van der Waals surface area contributed by atoms with Crippen molar-refractivity contribution in [1.29, 1.82) is 0 Å². The van der Waals surface area contributed by atoms with Crippen LogP contribution in [0.3, 0.4) is 0 Å². The first-order valence-electron chi connectivity index (χ1n) is 6.03. The second-order valence-corrected chi connectivity index (χ2v) is 6.07. The number of hydrogen-bond acceptors (Lipinski definition) is 3. The molecule has 1 aliphatic heterocycles. The van der Waals surface area contributed by atoms with Gasteiger partial charge in [-0.15, -0.1) is 0 Å². The Bertz CT molecular complexity index is 264. The topological polar surface area (TPSA) is 24.8 Å². The van der Waals surface area contributed by atoms with E-state index in [0.29, 0.717) is 0 Å². The van der Waals surface area contributed by atoms with Crippen LogP contribution < -0.4 is 0 Å². The van der Waals surface area contributed by atoms with Crippen LogP contribution in [0.15, 0.2) is 4.99 Å². The van der Waals surface area contributed by atoms with Crippen molar-refractivity contribution in [3.05, 3.63) is 0 Å². The third kappa shape index (κ3) is 2.76. The maximum atomic E-state index is 5.88. The standard InChI is InChI=1S/C13H26N2O/c1-10(14-6)16-11-8-12(2,3)15(7)13(4,5)9-11/h11H,8-9H2,1-7H3. The first kappa shape index (κ1) is 13.5. The van der Waals surface area contributed by atoms with E-state index in [4.69, 9.17) is 4.74 Å². The molecule has 1 saturated heterocycles. The molecule has 0 saturated carbocycles. The molecule has 0 N–H and O–H groups in total. The maximum Gasteiger partial charge on any atom is 0.180 e. The second kappa shape index (κ2) is 4.36. The highest BCUT2D eigenvalue weighted by molar-refractivity contribution is 5.73. The molecule has 0 amide bonds. The van der Waals surface area contributed by atoms with E-state index in [2.05, 4.69) is 44.6 Å². The number of hydrogen-bond donors (Lipinski definition) is 0. The second-order valence-electron chi connectivity index (χ2n) is 6.07. The van der Waals surface area contributed by atoms with Crippen molar-refractivity contribution in [3.63, 3.8) is 0 Å². The minimum atomic E-state index is 0.181. The van der Waals surface area contributed by atoms with Gasteiger partial charge in [-0.05, 0) is 34.7 Å². The fourth-order valence-electron chi connectivity index (χ4n) is 2.66. The average Bonchev–Trinajstić information content (AvgIpc) is 2.13. The smallest absolute Gasteiger partial charge is 0.180 e. The van der Waals surface area contributed by atoms with E-state index in [9.17, 15) is 0 Å². The van der Waals surface area contributed by atoms with E-state index in [1.54, 1.807) is 7.05 Å². The molecule has 0 spiro atoms. The monoisotopic (exact) mass is 226 g/mol. The third-order valence-electron chi connectivity index (χ3n) is 3.92. The van der Waals surface area contributed by atoms with Crippen molar-refractivity contribution in [1.82, 2.24) is 4.90 Å². The van der Waals surface area contributed by atoms with Gasteiger partial charge in [0.15, 0.2) is 5.90 Å². The van der Waals surface area contributed by atoms with E-state index < -0.39 is 0 Å². The molecule has 0 aliphatic carbocycles. The molecule has 3 heteroatoms. The van der Waals surface area contributed by atoms with Crippen LogP contribution in [0.1, 0.15) is 47.5 Å². The van der Waals surface area contributed by atoms with Crippen LogP contribution in [0, 0.1) is 0 Å². The van der Waals surface area contributed by atoms with Crippen molar-refractivity contribution in [3.8, 4) is 0 Å². The van der Waals surface area contributed by atoms with Crippen LogP contribution in [0.4, 0.5) is 0 Å². The molecule has 0 aromatic heterocycles. The molecule has 0 bridgehead atoms. The highest BCUT2D eigenvalue weighted by Crippen LogP contribution is 2.38. The van der Waals surface area contributed by atoms with Gasteiger partial charge in [0.05, 0.1) is 0 Å². The first-order chi connectivity index (χ1) is 7.19. The van der Waals surface area contributed by atoms with Crippen molar-refractivity contribution in [2.75, 3.05) is 14.1 Å². The summed E-state index contributed by atoms with van der Waals surface area (Å²) in [4.78, 5) is 6.53. The lowest BCUT2D eigenvalue weighted by Crippen LogP contribution is -2.60. The predicted molar refractivity (Wildman–Crippen MR) is 69.1 cm³/mol. The highest BCUT2D eigenvalue weighted by Gasteiger charge is 2.43. The van der Waals surface area contributed by atoms with E-state index >= 15 is 0 Å². The number of rotatable bonds is 1. The Kier molecular flexibility index (Phi) is 3.68. The molecule has 1 heterocycles. The van der Waals surface area contributed by atoms with Crippen LogP contribution in [0.5, 0.6) is 0 Å². The average molecular weight is 226 g/mol. The largest absolute Gasteiger partial charge is 0.478 e. The van der Waals surface area contributed by atoms with Crippen LogP contribution in [0.2, 0.25) is 0 Å². The Morgan fingerprint density at radius 2 is 1.62 bits per heavy atom. The van der Waals surface area contributed by atoms with Gasteiger partial charge < -0.3 is 4.74 Å². The van der Waals surface area contributed by atoms with Crippen LogP contribution in [-0.2, 0) is 4.74 Å². The van der Waals surface area contributed by atoms with Crippen molar-refractivity contribution in [2.45, 2.75) is 64.6 Å². The van der Waals surface area contributed by atoms with Gasteiger partial charge in [0.25, 0.3) is 0 Å². The molecule has 94 valence electrons. The van der Waals surface area contributed by atoms with E-state index in [0.717, 1.165) is 18.7 Å². The lowest BCUT2D eigenvalue weighted by molar-refractivity contribution is -0.0596. The summed E-state index contributed by atoms with van der Waals surface area (Å²) in [5.41, 5.74) is 0.362. The molecule has 0 aromatic rings. The summed E-state index contributed by atoms with van der Waals surface area (Å²) < 4.78 is 5.88. The number of likely N-dealkylation sites (tertiary alicyclic amines) is 1. The molecule has 1 fully saturated rings. The van der Waals surface area contributed by atoms with Gasteiger partial charge in [0.2, 0.25) is 0 Å². The molecular formula is C13H26N2O. The van der Waals surface area contributed by atoms with Crippen molar-refractivity contribution >= 4 is 5.90 Å². The van der Waals surface area contributed by atoms with Gasteiger partial charge in [-0.1, -0.05) is 0 Å². The predicted octanol–water partition coefficient (Wildman–Crippen LogP) is 2.70. The fourth-order valence-corrected chi connectivity index (χ4v) is 2.66. The third-order valence-corrected chi connectivity index (χ3v) is 3.92. The van der Waals surface area contributed by atoms with E-state index in [-0.39, 0.29) is 17.2 Å². The zero-order valence-corrected chi connectivity index (χ0v) is 11.8. The minimum Gasteiger partial charge on any atom is -0.478 e. The Morgan fingerprint density at radius 3 is 2.00 bits per heavy atom. The Hall–Kier alpha value is -0.570. The molecule has 3 nitrogen and oxygen atoms in total. The summed E-state index contributed by atoms with van der Waals surface area (Å²) in [7, 11) is 3.98. The molecular weight excluding hydrogens is 200 g/mol. The molecule has 16 heavy (non-hydrogen) atoms. The molecule has 1 aliphatic rings. The van der Waals surface area contributed by atoms with Gasteiger partial charge in [0, 0.05) is 37.9 Å². The zero-order valence-electron chi connectivity index (χ0n) is 11.8. The van der Waals surface area contributed by atoms with Crippen molar-refractivity contribution < 1.29 is 4.74 Å². The van der Waals surface area contributed by atoms with Crippen LogP contribution in [0.25, 0.3) is 0 Å². The van der Waals surface area contributed by atoms with Gasteiger partial charge in [-0.25, -0.2) is 0 Å². The molecule has 0 atom stereocenters. The molecule has 0 aromatic carbocycles. The normalized spacial score (nSPS) is 26.8. The Labute approximate surface area is 99.9 Å². The summed E-state index contributed by atoms with van der Waals surface area (Å²) in [6.45, 7) is 11.1. The zero-order chi connectivity index (χ0) is 12.6. The van der Waals surface area contributed by atoms with Crippen molar-refractivity contribution in [2.24, 2.45) is 4.99 Å². The van der Waals surface area contributed by atoms with Gasteiger partial charge >= 0.3 is 0 Å². The fraction of sp³-hybridized carbons (Fsp3) is 0.923. The number of piperidine rings is 1. The van der Waals surface area contributed by atoms with Crippen LogP contribution in [-0.4, -0.2) is 42.1 Å². The van der Waals surface area contributed by atoms with Crippen LogP contribution >= 0.6 is 0 Å². The molecule has 0 radical (unpaired) electrons. The lowest BCUT2D eigenvalue weighted by Gasteiger charge is -2.53. The van der Waals surface area contributed by atoms with E-state index in [1.165, 1.54) is 0 Å². The highest BCUT2D eigenvalue weighted by atomic mass is 16.5. The quantitative estimate of drug-likeness (QED) is 0.507. The molecule has 1 rings (SSSR count). The van der Waals surface area contributed by atoms with Gasteiger partial charge in [-0.2, -0.15) is 0 Å². The minimum absolute atomic E-state index is 0.181. The summed E-state index contributed by atoms with van der Waals surface area (Å²) in [6, 6.07) is 0. The summed E-state index contributed by atoms with van der Waals surface area (Å²) >= 11 is 0. The maximum absolute atomic E-state index is 5.88. The Morgan fingerprint density at radius 1 is 1.19 bits per heavy atom.